The fourth-order valence-corrected chi connectivity index (χ4v) is 3.66. The van der Waals surface area contributed by atoms with Crippen molar-refractivity contribution in [3.63, 3.8) is 0 Å². The van der Waals surface area contributed by atoms with Crippen LogP contribution in [0.2, 0.25) is 0 Å². The summed E-state index contributed by atoms with van der Waals surface area (Å²) in [4.78, 5) is 14.5. The maximum absolute atomic E-state index is 12.8. The maximum atomic E-state index is 12.8. The van der Waals surface area contributed by atoms with E-state index in [-0.39, 0.29) is 10.8 Å². The average molecular weight is 360 g/mol. The van der Waals surface area contributed by atoms with Crippen LogP contribution in [0.25, 0.3) is 0 Å². The molecule has 0 aliphatic carbocycles. The first-order valence-corrected chi connectivity index (χ1v) is 9.65. The number of carbonyl (C=O) groups is 1. The molecule has 5 nitrogen and oxygen atoms in total. The first-order chi connectivity index (χ1) is 11.8. The van der Waals surface area contributed by atoms with Crippen LogP contribution in [0.4, 0.5) is 0 Å². The minimum Gasteiger partial charge on any atom is -0.337 e. The molecule has 1 N–H and O–H groups in total. The van der Waals surface area contributed by atoms with Gasteiger partial charge in [0.25, 0.3) is 5.91 Å². The monoisotopic (exact) mass is 360 g/mol. The molecular weight excluding hydrogens is 336 g/mol. The summed E-state index contributed by atoms with van der Waals surface area (Å²) in [5.41, 5.74) is 3.32. The molecule has 0 fully saturated rings. The Morgan fingerprint density at radius 2 is 1.76 bits per heavy atom. The van der Waals surface area contributed by atoms with E-state index in [0.717, 1.165) is 16.7 Å². The van der Waals surface area contributed by atoms with Crippen molar-refractivity contribution in [2.45, 2.75) is 32.2 Å². The lowest BCUT2D eigenvalue weighted by molar-refractivity contribution is 0.0784. The smallest absolute Gasteiger partial charge is 0.254 e. The van der Waals surface area contributed by atoms with Gasteiger partial charge >= 0.3 is 0 Å². The van der Waals surface area contributed by atoms with E-state index in [1.165, 1.54) is 12.1 Å². The van der Waals surface area contributed by atoms with Crippen molar-refractivity contribution < 1.29 is 13.2 Å². The van der Waals surface area contributed by atoms with Crippen LogP contribution in [0, 0.1) is 13.8 Å². The number of benzene rings is 2. The molecule has 0 saturated carbocycles. The van der Waals surface area contributed by atoms with Crippen LogP contribution in [-0.2, 0) is 16.6 Å². The summed E-state index contributed by atoms with van der Waals surface area (Å²) >= 11 is 0. The number of hydrogen-bond donors (Lipinski definition) is 1. The van der Waals surface area contributed by atoms with Gasteiger partial charge in [-0.25, -0.2) is 13.1 Å². The standard InChI is InChI=1S/C19H24N2O3S/c1-5-20-25(23,24)17-11-10-15(3)18(12-17)19(22)21(4)13-16-9-7-6-8-14(16)2/h6-12,20H,5,13H2,1-4H3. The largest absolute Gasteiger partial charge is 0.337 e. The van der Waals surface area contributed by atoms with Gasteiger partial charge in [0.05, 0.1) is 4.90 Å². The zero-order valence-corrected chi connectivity index (χ0v) is 15.9. The lowest BCUT2D eigenvalue weighted by Gasteiger charge is -2.20. The molecule has 0 unspecified atom stereocenters. The molecule has 134 valence electrons. The van der Waals surface area contributed by atoms with Crippen LogP contribution in [0.15, 0.2) is 47.4 Å². The minimum atomic E-state index is -3.60. The van der Waals surface area contributed by atoms with Crippen LogP contribution in [0.1, 0.15) is 34.0 Å². The molecule has 0 aliphatic rings. The van der Waals surface area contributed by atoms with Crippen LogP contribution in [0.5, 0.6) is 0 Å². The first kappa shape index (κ1) is 19.1. The molecule has 0 aromatic heterocycles. The summed E-state index contributed by atoms with van der Waals surface area (Å²) in [5, 5.41) is 0. The van der Waals surface area contributed by atoms with Crippen molar-refractivity contribution in [2.24, 2.45) is 0 Å². The summed E-state index contributed by atoms with van der Waals surface area (Å²) < 4.78 is 26.8. The van der Waals surface area contributed by atoms with Crippen LogP contribution in [-0.4, -0.2) is 32.8 Å². The lowest BCUT2D eigenvalue weighted by Crippen LogP contribution is -2.28. The van der Waals surface area contributed by atoms with Crippen molar-refractivity contribution in [2.75, 3.05) is 13.6 Å². The molecule has 6 heteroatoms. The second kappa shape index (κ2) is 7.80. The Hall–Kier alpha value is -2.18. The van der Waals surface area contributed by atoms with Gasteiger partial charge in [0.1, 0.15) is 0 Å². The summed E-state index contributed by atoms with van der Waals surface area (Å²) in [6.45, 7) is 6.29. The van der Waals surface area contributed by atoms with Crippen molar-refractivity contribution in [3.05, 3.63) is 64.7 Å². The molecule has 25 heavy (non-hydrogen) atoms. The van der Waals surface area contributed by atoms with Crippen LogP contribution in [0.3, 0.4) is 0 Å². The Kier molecular flexibility index (Phi) is 5.98. The third-order valence-corrected chi connectivity index (χ3v) is 5.64. The number of nitrogens with one attached hydrogen (secondary N) is 1. The second-order valence-electron chi connectivity index (χ2n) is 6.07. The van der Waals surface area contributed by atoms with E-state index in [4.69, 9.17) is 0 Å². The number of hydrogen-bond acceptors (Lipinski definition) is 3. The number of aryl methyl sites for hydroxylation is 2. The highest BCUT2D eigenvalue weighted by Crippen LogP contribution is 2.18. The van der Waals surface area contributed by atoms with Crippen molar-refractivity contribution in [1.82, 2.24) is 9.62 Å². The molecule has 0 bridgehead atoms. The van der Waals surface area contributed by atoms with Gasteiger partial charge < -0.3 is 4.90 Å². The molecular formula is C19H24N2O3S. The Morgan fingerprint density at radius 3 is 2.40 bits per heavy atom. The van der Waals surface area contributed by atoms with Gasteiger partial charge in [-0.15, -0.1) is 0 Å². The molecule has 0 heterocycles. The first-order valence-electron chi connectivity index (χ1n) is 8.16. The Morgan fingerprint density at radius 1 is 1.08 bits per heavy atom. The number of nitrogens with zero attached hydrogens (tertiary/aromatic N) is 1. The van der Waals surface area contributed by atoms with E-state index in [1.54, 1.807) is 31.9 Å². The third kappa shape index (κ3) is 4.46. The van der Waals surface area contributed by atoms with Gasteiger partial charge in [0.15, 0.2) is 0 Å². The topological polar surface area (TPSA) is 66.5 Å². The second-order valence-corrected chi connectivity index (χ2v) is 7.83. The summed E-state index contributed by atoms with van der Waals surface area (Å²) in [6.07, 6.45) is 0. The maximum Gasteiger partial charge on any atom is 0.254 e. The van der Waals surface area contributed by atoms with E-state index < -0.39 is 10.0 Å². The van der Waals surface area contributed by atoms with Gasteiger partial charge in [-0.1, -0.05) is 37.3 Å². The minimum absolute atomic E-state index is 0.104. The zero-order chi connectivity index (χ0) is 18.6. The van der Waals surface area contributed by atoms with Gasteiger partial charge in [-0.05, 0) is 42.7 Å². The quantitative estimate of drug-likeness (QED) is 0.861. The van der Waals surface area contributed by atoms with Gasteiger partial charge in [0, 0.05) is 25.7 Å². The normalized spacial score (nSPS) is 11.4. The van der Waals surface area contributed by atoms with Crippen molar-refractivity contribution in [1.29, 1.82) is 0 Å². The molecule has 0 aliphatic heterocycles. The predicted molar refractivity (Wildman–Crippen MR) is 99.0 cm³/mol. The van der Waals surface area contributed by atoms with E-state index in [9.17, 15) is 13.2 Å². The molecule has 0 saturated heterocycles. The van der Waals surface area contributed by atoms with Crippen LogP contribution >= 0.6 is 0 Å². The van der Waals surface area contributed by atoms with E-state index in [1.807, 2.05) is 31.2 Å². The van der Waals surface area contributed by atoms with Crippen LogP contribution < -0.4 is 4.72 Å². The lowest BCUT2D eigenvalue weighted by atomic mass is 10.1. The zero-order valence-electron chi connectivity index (χ0n) is 15.0. The van der Waals surface area contributed by atoms with Gasteiger partial charge in [-0.2, -0.15) is 0 Å². The molecule has 0 atom stereocenters. The van der Waals surface area contributed by atoms with E-state index in [0.29, 0.717) is 18.7 Å². The van der Waals surface area contributed by atoms with E-state index >= 15 is 0 Å². The molecule has 2 aromatic carbocycles. The highest BCUT2D eigenvalue weighted by atomic mass is 32.2. The van der Waals surface area contributed by atoms with Gasteiger partial charge in [-0.3, -0.25) is 4.79 Å². The molecule has 2 rings (SSSR count). The number of sulfonamides is 1. The fraction of sp³-hybridized carbons (Fsp3) is 0.316. The highest BCUT2D eigenvalue weighted by Gasteiger charge is 2.19. The molecule has 0 spiro atoms. The molecule has 2 aromatic rings. The van der Waals surface area contributed by atoms with Crippen molar-refractivity contribution in [3.8, 4) is 0 Å². The molecule has 1 amide bonds. The predicted octanol–water partition coefficient (Wildman–Crippen LogP) is 2.87. The van der Waals surface area contributed by atoms with Crippen molar-refractivity contribution >= 4 is 15.9 Å². The van der Waals surface area contributed by atoms with Gasteiger partial charge in [0.2, 0.25) is 10.0 Å². The average Bonchev–Trinajstić information content (AvgIpc) is 2.56. The number of amides is 1. The Bertz CT molecular complexity index is 876. The molecule has 0 radical (unpaired) electrons. The summed E-state index contributed by atoms with van der Waals surface area (Å²) in [7, 11) is -1.87. The number of carbonyl (C=O) groups excluding carboxylic acids is 1. The van der Waals surface area contributed by atoms with E-state index in [2.05, 4.69) is 4.72 Å². The summed E-state index contributed by atoms with van der Waals surface area (Å²) in [5.74, 6) is -0.200. The third-order valence-electron chi connectivity index (χ3n) is 4.10. The summed E-state index contributed by atoms with van der Waals surface area (Å²) in [6, 6.07) is 12.5. The Balaban J connectivity index is 2.31. The highest BCUT2D eigenvalue weighted by molar-refractivity contribution is 7.89. The Labute approximate surface area is 149 Å². The fourth-order valence-electron chi connectivity index (χ4n) is 2.59. The SMILES string of the molecule is CCNS(=O)(=O)c1ccc(C)c(C(=O)N(C)Cc2ccccc2C)c1. The number of rotatable bonds is 6.